The van der Waals surface area contributed by atoms with Gasteiger partial charge in [-0.05, 0) is 19.4 Å². The number of nitrogens with zero attached hydrogens (tertiary/aromatic N) is 2. The zero-order valence-corrected chi connectivity index (χ0v) is 13.1. The Morgan fingerprint density at radius 3 is 2.43 bits per heavy atom. The molecule has 0 saturated carbocycles. The maximum atomic E-state index is 12.0. The van der Waals surface area contributed by atoms with Crippen LogP contribution in [0.1, 0.15) is 22.8 Å². The highest BCUT2D eigenvalue weighted by atomic mass is 32.2. The summed E-state index contributed by atoms with van der Waals surface area (Å²) in [6.07, 6.45) is 1.78. The van der Waals surface area contributed by atoms with Crippen LogP contribution >= 0.6 is 0 Å². The van der Waals surface area contributed by atoms with Crippen molar-refractivity contribution in [2.75, 3.05) is 6.54 Å². The van der Waals surface area contributed by atoms with Crippen molar-refractivity contribution in [2.24, 2.45) is 7.05 Å². The highest BCUT2D eigenvalue weighted by Crippen LogP contribution is 2.17. The molecule has 1 atom stereocenters. The van der Waals surface area contributed by atoms with Crippen LogP contribution in [0.25, 0.3) is 0 Å². The quantitative estimate of drug-likeness (QED) is 0.864. The zero-order chi connectivity index (χ0) is 15.6. The van der Waals surface area contributed by atoms with E-state index in [1.54, 1.807) is 7.05 Å². The van der Waals surface area contributed by atoms with Gasteiger partial charge in [0.2, 0.25) is 10.0 Å². The topological polar surface area (TPSA) is 84.2 Å². The fraction of sp³-hybridized carbons (Fsp3) is 0.357. The van der Waals surface area contributed by atoms with Crippen LogP contribution in [0.2, 0.25) is 0 Å². The Morgan fingerprint density at radius 2 is 1.90 bits per heavy atom. The molecule has 2 rings (SSSR count). The number of benzene rings is 1. The lowest BCUT2D eigenvalue weighted by atomic mass is 10.0. The first-order valence-electron chi connectivity index (χ1n) is 6.52. The van der Waals surface area contributed by atoms with E-state index in [1.807, 2.05) is 32.0 Å². The Bertz CT molecular complexity index is 717. The van der Waals surface area contributed by atoms with Crippen molar-refractivity contribution in [1.29, 1.82) is 0 Å². The second-order valence-electron chi connectivity index (χ2n) is 5.14. The van der Waals surface area contributed by atoms with Crippen molar-refractivity contribution in [3.63, 3.8) is 0 Å². The molecule has 2 N–H and O–H groups in total. The normalized spacial score (nSPS) is 13.3. The van der Waals surface area contributed by atoms with Gasteiger partial charge in [-0.15, -0.1) is 0 Å². The molecule has 7 heteroatoms. The summed E-state index contributed by atoms with van der Waals surface area (Å²) in [7, 11) is -2.01. The number of aromatic nitrogens is 2. The molecule has 0 aliphatic carbocycles. The van der Waals surface area contributed by atoms with Crippen molar-refractivity contribution >= 4 is 10.0 Å². The van der Waals surface area contributed by atoms with E-state index in [-0.39, 0.29) is 11.4 Å². The first-order valence-corrected chi connectivity index (χ1v) is 8.01. The Labute approximate surface area is 124 Å². The van der Waals surface area contributed by atoms with Crippen LogP contribution in [0.3, 0.4) is 0 Å². The third-order valence-corrected chi connectivity index (χ3v) is 4.47. The predicted octanol–water partition coefficient (Wildman–Crippen LogP) is 1.05. The van der Waals surface area contributed by atoms with Crippen molar-refractivity contribution in [1.82, 2.24) is 14.5 Å². The molecule has 0 radical (unpaired) electrons. The number of hydrogen-bond acceptors (Lipinski definition) is 4. The molecule has 0 spiro atoms. The molecule has 1 aromatic carbocycles. The van der Waals surface area contributed by atoms with Crippen molar-refractivity contribution in [3.8, 4) is 0 Å². The maximum absolute atomic E-state index is 12.0. The van der Waals surface area contributed by atoms with Crippen LogP contribution in [0.15, 0.2) is 35.5 Å². The molecule has 0 aliphatic heterocycles. The van der Waals surface area contributed by atoms with Gasteiger partial charge in [0.05, 0.1) is 12.3 Å². The monoisotopic (exact) mass is 309 g/mol. The summed E-state index contributed by atoms with van der Waals surface area (Å²) in [6, 6.07) is 5.68. The van der Waals surface area contributed by atoms with Crippen LogP contribution in [0.4, 0.5) is 0 Å². The first kappa shape index (κ1) is 15.7. The fourth-order valence-electron chi connectivity index (χ4n) is 2.13. The lowest BCUT2D eigenvalue weighted by molar-refractivity contribution is 0.182. The Hall–Kier alpha value is -1.70. The Kier molecular flexibility index (Phi) is 4.46. The number of aliphatic hydroxyl groups is 1. The molecule has 0 saturated heterocycles. The smallest absolute Gasteiger partial charge is 0.243 e. The molecule has 0 fully saturated rings. The van der Waals surface area contributed by atoms with Crippen LogP contribution in [-0.2, 0) is 17.1 Å². The molecule has 0 amide bonds. The SMILES string of the molecule is Cc1cc(C)cc(C(O)CNS(=O)(=O)c2cnn(C)c2)c1. The minimum absolute atomic E-state index is 0.0811. The summed E-state index contributed by atoms with van der Waals surface area (Å²) in [5, 5.41) is 14.0. The van der Waals surface area contributed by atoms with E-state index in [2.05, 4.69) is 9.82 Å². The minimum Gasteiger partial charge on any atom is -0.387 e. The number of nitrogens with one attached hydrogen (secondary N) is 1. The van der Waals surface area contributed by atoms with E-state index in [4.69, 9.17) is 0 Å². The largest absolute Gasteiger partial charge is 0.387 e. The molecule has 1 unspecified atom stereocenters. The summed E-state index contributed by atoms with van der Waals surface area (Å²) >= 11 is 0. The Balaban J connectivity index is 2.08. The summed E-state index contributed by atoms with van der Waals surface area (Å²) < 4.78 is 27.9. The third kappa shape index (κ3) is 3.90. The van der Waals surface area contributed by atoms with E-state index in [0.717, 1.165) is 11.1 Å². The van der Waals surface area contributed by atoms with Gasteiger partial charge in [0.15, 0.2) is 0 Å². The molecule has 0 bridgehead atoms. The summed E-state index contributed by atoms with van der Waals surface area (Å²) in [4.78, 5) is 0.0811. The molecule has 114 valence electrons. The summed E-state index contributed by atoms with van der Waals surface area (Å²) in [6.45, 7) is 3.78. The maximum Gasteiger partial charge on any atom is 0.243 e. The van der Waals surface area contributed by atoms with E-state index in [1.165, 1.54) is 17.1 Å². The van der Waals surface area contributed by atoms with Crippen molar-refractivity contribution in [3.05, 3.63) is 47.3 Å². The molecule has 21 heavy (non-hydrogen) atoms. The van der Waals surface area contributed by atoms with Gasteiger partial charge in [0.1, 0.15) is 4.90 Å². The van der Waals surface area contributed by atoms with Crippen molar-refractivity contribution < 1.29 is 13.5 Å². The van der Waals surface area contributed by atoms with Gasteiger partial charge < -0.3 is 5.11 Å². The van der Waals surface area contributed by atoms with Crippen LogP contribution < -0.4 is 4.72 Å². The molecule has 2 aromatic rings. The number of aryl methyl sites for hydroxylation is 3. The summed E-state index contributed by atoms with van der Waals surface area (Å²) in [5.41, 5.74) is 2.75. The lowest BCUT2D eigenvalue weighted by Gasteiger charge is -2.13. The van der Waals surface area contributed by atoms with E-state index >= 15 is 0 Å². The molecule has 0 aliphatic rings. The van der Waals surface area contributed by atoms with Gasteiger partial charge in [-0.2, -0.15) is 5.10 Å². The second kappa shape index (κ2) is 5.97. The van der Waals surface area contributed by atoms with Gasteiger partial charge in [-0.3, -0.25) is 4.68 Å². The average Bonchev–Trinajstić information content (AvgIpc) is 2.82. The number of sulfonamides is 1. The average molecular weight is 309 g/mol. The summed E-state index contributed by atoms with van der Waals surface area (Å²) in [5.74, 6) is 0. The second-order valence-corrected chi connectivity index (χ2v) is 6.91. The number of hydrogen-bond donors (Lipinski definition) is 2. The van der Waals surface area contributed by atoms with Crippen LogP contribution in [-0.4, -0.2) is 29.8 Å². The van der Waals surface area contributed by atoms with Crippen LogP contribution in [0.5, 0.6) is 0 Å². The first-order chi connectivity index (χ1) is 9.78. The number of rotatable bonds is 5. The highest BCUT2D eigenvalue weighted by molar-refractivity contribution is 7.89. The van der Waals surface area contributed by atoms with Gasteiger partial charge in [0.25, 0.3) is 0 Å². The Morgan fingerprint density at radius 1 is 1.29 bits per heavy atom. The van der Waals surface area contributed by atoms with Gasteiger partial charge in [0, 0.05) is 19.8 Å². The van der Waals surface area contributed by atoms with E-state index in [9.17, 15) is 13.5 Å². The molecule has 1 aromatic heterocycles. The molecular formula is C14H19N3O3S. The molecule has 1 heterocycles. The van der Waals surface area contributed by atoms with Gasteiger partial charge >= 0.3 is 0 Å². The predicted molar refractivity (Wildman–Crippen MR) is 79.3 cm³/mol. The third-order valence-electron chi connectivity index (χ3n) is 3.09. The van der Waals surface area contributed by atoms with Gasteiger partial charge in [-0.25, -0.2) is 13.1 Å². The van der Waals surface area contributed by atoms with E-state index < -0.39 is 16.1 Å². The fourth-order valence-corrected chi connectivity index (χ4v) is 3.15. The van der Waals surface area contributed by atoms with Crippen LogP contribution in [0, 0.1) is 13.8 Å². The molecule has 6 nitrogen and oxygen atoms in total. The molecular weight excluding hydrogens is 290 g/mol. The standard InChI is InChI=1S/C14H19N3O3S/c1-10-4-11(2)6-12(5-10)14(18)8-16-21(19,20)13-7-15-17(3)9-13/h4-7,9,14,16,18H,8H2,1-3H3. The minimum atomic E-state index is -3.66. The van der Waals surface area contributed by atoms with Gasteiger partial charge in [-0.1, -0.05) is 29.3 Å². The van der Waals surface area contributed by atoms with E-state index in [0.29, 0.717) is 5.56 Å². The number of aliphatic hydroxyl groups excluding tert-OH is 1. The zero-order valence-electron chi connectivity index (χ0n) is 12.2. The lowest BCUT2D eigenvalue weighted by Crippen LogP contribution is -2.28. The highest BCUT2D eigenvalue weighted by Gasteiger charge is 2.18. The van der Waals surface area contributed by atoms with Crippen molar-refractivity contribution in [2.45, 2.75) is 24.8 Å².